The normalized spacial score (nSPS) is 10.9. The molecule has 4 nitrogen and oxygen atoms in total. The van der Waals surface area contributed by atoms with E-state index in [1.54, 1.807) is 19.4 Å². The van der Waals surface area contributed by atoms with Crippen molar-refractivity contribution in [1.82, 2.24) is 10.3 Å². The maximum absolute atomic E-state index is 13.4. The number of hydrogen-bond acceptors (Lipinski definition) is 4. The van der Waals surface area contributed by atoms with Crippen LogP contribution in [-0.4, -0.2) is 31.8 Å². The summed E-state index contributed by atoms with van der Waals surface area (Å²) in [5.74, 6) is 0.677. The number of rotatable bonds is 7. The van der Waals surface area contributed by atoms with E-state index >= 15 is 0 Å². The van der Waals surface area contributed by atoms with Crippen LogP contribution < -0.4 is 5.32 Å². The maximum atomic E-state index is 13.4. The molecule has 1 aromatic carbocycles. The highest BCUT2D eigenvalue weighted by Crippen LogP contribution is 2.24. The van der Waals surface area contributed by atoms with E-state index in [1.165, 1.54) is 12.1 Å². The second-order valence-corrected chi connectivity index (χ2v) is 4.65. The maximum Gasteiger partial charge on any atom is 0.196 e. The van der Waals surface area contributed by atoms with Crippen LogP contribution in [0, 0.1) is 5.82 Å². The van der Waals surface area contributed by atoms with E-state index in [4.69, 9.17) is 20.8 Å². The number of nitrogens with zero attached hydrogens (tertiary/aromatic N) is 1. The minimum absolute atomic E-state index is 0.0934. The zero-order chi connectivity index (χ0) is 14.4. The van der Waals surface area contributed by atoms with Gasteiger partial charge in [-0.15, -0.1) is 0 Å². The molecule has 0 aliphatic rings. The highest BCUT2D eigenvalue weighted by atomic mass is 35.5. The molecule has 0 atom stereocenters. The van der Waals surface area contributed by atoms with Crippen molar-refractivity contribution in [1.29, 1.82) is 0 Å². The highest BCUT2D eigenvalue weighted by Gasteiger charge is 2.08. The largest absolute Gasteiger partial charge is 0.441 e. The summed E-state index contributed by atoms with van der Waals surface area (Å²) in [5, 5.41) is 3.29. The van der Waals surface area contributed by atoms with Crippen molar-refractivity contribution in [2.45, 2.75) is 6.42 Å². The van der Waals surface area contributed by atoms with Gasteiger partial charge < -0.3 is 14.5 Å². The number of hydrogen-bond donors (Lipinski definition) is 1. The van der Waals surface area contributed by atoms with Gasteiger partial charge in [0.2, 0.25) is 0 Å². The Balaban J connectivity index is 1.93. The van der Waals surface area contributed by atoms with Crippen LogP contribution in [0.15, 0.2) is 28.8 Å². The molecule has 6 heteroatoms. The number of nitrogens with one attached hydrogen (secondary N) is 1. The van der Waals surface area contributed by atoms with Crippen LogP contribution in [0.1, 0.15) is 5.89 Å². The Morgan fingerprint density at radius 3 is 3.00 bits per heavy atom. The molecule has 0 saturated heterocycles. The van der Waals surface area contributed by atoms with E-state index in [1.807, 2.05) is 0 Å². The summed E-state index contributed by atoms with van der Waals surface area (Å²) in [6, 6.07) is 4.54. The fraction of sp³-hybridized carbons (Fsp3) is 0.357. The standard InChI is InChI=1S/C14H16ClFN2O2/c1-19-7-6-17-5-4-14-18-9-13(20-14)10-2-3-11(15)12(16)8-10/h2-3,8-9,17H,4-7H2,1H3. The minimum Gasteiger partial charge on any atom is -0.441 e. The van der Waals surface area contributed by atoms with Crippen LogP contribution in [0.4, 0.5) is 4.39 Å². The van der Waals surface area contributed by atoms with Gasteiger partial charge in [0.05, 0.1) is 17.8 Å². The van der Waals surface area contributed by atoms with Gasteiger partial charge >= 0.3 is 0 Å². The summed E-state index contributed by atoms with van der Waals surface area (Å²) in [7, 11) is 1.66. The molecule has 0 amide bonds. The number of oxazole rings is 1. The summed E-state index contributed by atoms with van der Waals surface area (Å²) in [4.78, 5) is 4.17. The highest BCUT2D eigenvalue weighted by molar-refractivity contribution is 6.30. The van der Waals surface area contributed by atoms with Crippen LogP contribution in [-0.2, 0) is 11.2 Å². The molecule has 1 aromatic heterocycles. The van der Waals surface area contributed by atoms with Gasteiger partial charge in [0.25, 0.3) is 0 Å². The lowest BCUT2D eigenvalue weighted by Crippen LogP contribution is -2.21. The fourth-order valence-electron chi connectivity index (χ4n) is 1.70. The Labute approximate surface area is 121 Å². The second kappa shape index (κ2) is 7.38. The average Bonchev–Trinajstić information content (AvgIpc) is 2.90. The van der Waals surface area contributed by atoms with Gasteiger partial charge in [-0.05, 0) is 18.2 Å². The molecule has 0 radical (unpaired) electrons. The predicted molar refractivity (Wildman–Crippen MR) is 75.4 cm³/mol. The van der Waals surface area contributed by atoms with Gasteiger partial charge in [-0.1, -0.05) is 11.6 Å². The summed E-state index contributed by atoms with van der Waals surface area (Å²) in [6.07, 6.45) is 2.26. The van der Waals surface area contributed by atoms with Crippen molar-refractivity contribution in [2.75, 3.05) is 26.8 Å². The van der Waals surface area contributed by atoms with Crippen molar-refractivity contribution in [3.05, 3.63) is 41.1 Å². The van der Waals surface area contributed by atoms with Gasteiger partial charge in [-0.25, -0.2) is 9.37 Å². The van der Waals surface area contributed by atoms with E-state index in [9.17, 15) is 4.39 Å². The Hall–Kier alpha value is -1.43. The minimum atomic E-state index is -0.469. The lowest BCUT2D eigenvalue weighted by molar-refractivity contribution is 0.199. The smallest absolute Gasteiger partial charge is 0.196 e. The Morgan fingerprint density at radius 1 is 1.40 bits per heavy atom. The van der Waals surface area contributed by atoms with Crippen molar-refractivity contribution in [3.63, 3.8) is 0 Å². The molecule has 0 saturated carbocycles. The van der Waals surface area contributed by atoms with Gasteiger partial charge in [0.1, 0.15) is 5.82 Å². The van der Waals surface area contributed by atoms with Crippen LogP contribution in [0.5, 0.6) is 0 Å². The molecule has 2 rings (SSSR count). The lowest BCUT2D eigenvalue weighted by Gasteiger charge is -2.01. The third kappa shape index (κ3) is 4.03. The second-order valence-electron chi connectivity index (χ2n) is 4.24. The lowest BCUT2D eigenvalue weighted by atomic mass is 10.2. The summed E-state index contributed by atoms with van der Waals surface area (Å²) >= 11 is 5.64. The molecule has 2 aromatic rings. The Kier molecular flexibility index (Phi) is 5.52. The SMILES string of the molecule is COCCNCCc1ncc(-c2ccc(Cl)c(F)c2)o1. The molecule has 0 aliphatic heterocycles. The molecule has 20 heavy (non-hydrogen) atoms. The van der Waals surface area contributed by atoms with Crippen LogP contribution >= 0.6 is 11.6 Å². The number of benzene rings is 1. The van der Waals surface area contributed by atoms with Crippen molar-refractivity contribution in [3.8, 4) is 11.3 Å². The first-order chi connectivity index (χ1) is 9.70. The first-order valence-electron chi connectivity index (χ1n) is 6.30. The fourth-order valence-corrected chi connectivity index (χ4v) is 1.82. The Morgan fingerprint density at radius 2 is 2.25 bits per heavy atom. The number of halogens is 2. The Bertz CT molecular complexity index is 560. The molecular weight excluding hydrogens is 283 g/mol. The predicted octanol–water partition coefficient (Wildman–Crippen LogP) is 2.91. The first-order valence-corrected chi connectivity index (χ1v) is 6.68. The van der Waals surface area contributed by atoms with E-state index in [0.717, 1.165) is 13.1 Å². The number of methoxy groups -OCH3 is 1. The zero-order valence-corrected chi connectivity index (χ0v) is 11.9. The molecule has 1 heterocycles. The molecule has 0 aliphatic carbocycles. The van der Waals surface area contributed by atoms with Crippen molar-refractivity contribution >= 4 is 11.6 Å². The van der Waals surface area contributed by atoms with Crippen molar-refractivity contribution < 1.29 is 13.5 Å². The third-order valence-electron chi connectivity index (χ3n) is 2.76. The van der Waals surface area contributed by atoms with Gasteiger partial charge in [-0.2, -0.15) is 0 Å². The summed E-state index contributed by atoms with van der Waals surface area (Å²) in [6.45, 7) is 2.20. The number of aromatic nitrogens is 1. The van der Waals surface area contributed by atoms with Gasteiger partial charge in [0.15, 0.2) is 11.7 Å². The molecule has 0 bridgehead atoms. The van der Waals surface area contributed by atoms with Crippen LogP contribution in [0.25, 0.3) is 11.3 Å². The topological polar surface area (TPSA) is 47.3 Å². The quantitative estimate of drug-likeness (QED) is 0.799. The van der Waals surface area contributed by atoms with E-state index in [0.29, 0.717) is 30.2 Å². The van der Waals surface area contributed by atoms with E-state index in [-0.39, 0.29) is 5.02 Å². The molecule has 0 fully saturated rings. The third-order valence-corrected chi connectivity index (χ3v) is 3.06. The van der Waals surface area contributed by atoms with Crippen LogP contribution in [0.2, 0.25) is 5.02 Å². The molecule has 1 N–H and O–H groups in total. The summed E-state index contributed by atoms with van der Waals surface area (Å²) in [5.41, 5.74) is 0.623. The van der Waals surface area contributed by atoms with Crippen molar-refractivity contribution in [2.24, 2.45) is 0 Å². The van der Waals surface area contributed by atoms with E-state index < -0.39 is 5.82 Å². The zero-order valence-electron chi connectivity index (χ0n) is 11.2. The van der Waals surface area contributed by atoms with Crippen LogP contribution in [0.3, 0.4) is 0 Å². The average molecular weight is 299 g/mol. The monoisotopic (exact) mass is 298 g/mol. The molecule has 0 unspecified atom stereocenters. The molecule has 0 spiro atoms. The van der Waals surface area contributed by atoms with Gasteiger partial charge in [0, 0.05) is 32.2 Å². The molecular formula is C14H16ClFN2O2. The summed E-state index contributed by atoms with van der Waals surface area (Å²) < 4.78 is 23.9. The van der Waals surface area contributed by atoms with E-state index in [2.05, 4.69) is 10.3 Å². The van der Waals surface area contributed by atoms with Gasteiger partial charge in [-0.3, -0.25) is 0 Å². The molecule has 108 valence electrons. The number of ether oxygens (including phenoxy) is 1. The first kappa shape index (κ1) is 15.0.